The molecule has 2 unspecified atom stereocenters. The minimum atomic E-state index is -0.140. The molecule has 4 rings (SSSR count). The lowest BCUT2D eigenvalue weighted by atomic mass is 9.99. The number of urea groups is 1. The summed E-state index contributed by atoms with van der Waals surface area (Å²) < 4.78 is 6.69. The van der Waals surface area contributed by atoms with Gasteiger partial charge in [-0.15, -0.1) is 5.92 Å². The highest BCUT2D eigenvalue weighted by Crippen LogP contribution is 2.38. The van der Waals surface area contributed by atoms with Gasteiger partial charge in [0, 0.05) is 24.4 Å². The second-order valence-corrected chi connectivity index (χ2v) is 6.87. The van der Waals surface area contributed by atoms with Crippen molar-refractivity contribution >= 4 is 32.7 Å². The van der Waals surface area contributed by atoms with Gasteiger partial charge in [-0.1, -0.05) is 24.2 Å². The Kier molecular flexibility index (Phi) is 3.38. The van der Waals surface area contributed by atoms with E-state index in [0.29, 0.717) is 18.3 Å². The molecular formula is C17H17N3O2S. The van der Waals surface area contributed by atoms with Crippen LogP contribution in [-0.4, -0.2) is 30.2 Å². The van der Waals surface area contributed by atoms with Crippen LogP contribution in [0.5, 0.6) is 5.75 Å². The monoisotopic (exact) mass is 327 g/mol. The quantitative estimate of drug-likeness (QED) is 0.820. The molecular weight excluding hydrogens is 310 g/mol. The maximum absolute atomic E-state index is 12.4. The first kappa shape index (κ1) is 14.3. The molecule has 0 saturated carbocycles. The Morgan fingerprint density at radius 3 is 3.17 bits per heavy atom. The van der Waals surface area contributed by atoms with E-state index < -0.39 is 0 Å². The van der Waals surface area contributed by atoms with Crippen molar-refractivity contribution in [2.24, 2.45) is 5.92 Å². The zero-order valence-electron chi connectivity index (χ0n) is 13.0. The van der Waals surface area contributed by atoms with Crippen LogP contribution in [0.1, 0.15) is 19.4 Å². The number of benzene rings is 1. The number of rotatable bonds is 1. The molecule has 1 aromatic heterocycles. The highest BCUT2D eigenvalue weighted by molar-refractivity contribution is 7.22. The van der Waals surface area contributed by atoms with E-state index in [1.54, 1.807) is 11.8 Å². The molecule has 2 aliphatic rings. The van der Waals surface area contributed by atoms with E-state index in [9.17, 15) is 4.79 Å². The lowest BCUT2D eigenvalue weighted by Gasteiger charge is -2.35. The molecule has 1 saturated heterocycles. The number of nitrogens with one attached hydrogen (secondary N) is 1. The molecule has 2 aromatic rings. The molecule has 118 valence electrons. The summed E-state index contributed by atoms with van der Waals surface area (Å²) in [5.41, 5.74) is 2.10. The Balaban J connectivity index is 1.83. The van der Waals surface area contributed by atoms with Crippen LogP contribution < -0.4 is 15.0 Å². The van der Waals surface area contributed by atoms with Crippen molar-refractivity contribution in [1.29, 1.82) is 0 Å². The van der Waals surface area contributed by atoms with Gasteiger partial charge in [-0.3, -0.25) is 4.90 Å². The number of fused-ring (bicyclic) bond motifs is 3. The maximum atomic E-state index is 12.4. The zero-order chi connectivity index (χ0) is 16.0. The van der Waals surface area contributed by atoms with Crippen molar-refractivity contribution in [3.8, 4) is 17.6 Å². The second kappa shape index (κ2) is 5.43. The van der Waals surface area contributed by atoms with Crippen molar-refractivity contribution in [1.82, 2.24) is 10.3 Å². The van der Waals surface area contributed by atoms with Gasteiger partial charge in [-0.05, 0) is 19.1 Å². The summed E-state index contributed by atoms with van der Waals surface area (Å²) >= 11 is 1.54. The van der Waals surface area contributed by atoms with Gasteiger partial charge >= 0.3 is 6.03 Å². The smallest absolute Gasteiger partial charge is 0.324 e. The van der Waals surface area contributed by atoms with Crippen LogP contribution in [-0.2, 0) is 6.42 Å². The summed E-state index contributed by atoms with van der Waals surface area (Å²) in [7, 11) is 0. The Hall–Kier alpha value is -2.26. The number of amides is 2. The van der Waals surface area contributed by atoms with Crippen LogP contribution in [0.2, 0.25) is 0 Å². The molecule has 1 fully saturated rings. The number of carbonyl (C=O) groups excluding carboxylic acids is 1. The van der Waals surface area contributed by atoms with Gasteiger partial charge in [0.1, 0.15) is 11.8 Å². The third-order valence-electron chi connectivity index (χ3n) is 4.33. The first-order valence-electron chi connectivity index (χ1n) is 7.73. The molecule has 1 aromatic carbocycles. The number of hydrogen-bond donors (Lipinski definition) is 1. The van der Waals surface area contributed by atoms with Gasteiger partial charge in [-0.2, -0.15) is 0 Å². The van der Waals surface area contributed by atoms with E-state index >= 15 is 0 Å². The molecule has 1 N–H and O–H groups in total. The van der Waals surface area contributed by atoms with E-state index in [1.165, 1.54) is 11.3 Å². The van der Waals surface area contributed by atoms with Crippen LogP contribution in [0.3, 0.4) is 0 Å². The molecule has 2 aliphatic heterocycles. The molecule has 3 heterocycles. The SMILES string of the molecule is CC#CC1C(C)CNC(=O)N1c1nc2c3c(ccc2s1)OCC3. The van der Waals surface area contributed by atoms with Gasteiger partial charge in [0.05, 0.1) is 16.8 Å². The topological polar surface area (TPSA) is 54.5 Å². The van der Waals surface area contributed by atoms with Crippen LogP contribution >= 0.6 is 11.3 Å². The van der Waals surface area contributed by atoms with Crippen molar-refractivity contribution in [3.05, 3.63) is 17.7 Å². The Morgan fingerprint density at radius 1 is 1.48 bits per heavy atom. The molecule has 0 aliphatic carbocycles. The van der Waals surface area contributed by atoms with Crippen molar-refractivity contribution in [2.45, 2.75) is 26.3 Å². The average molecular weight is 327 g/mol. The minimum absolute atomic E-state index is 0.122. The molecule has 2 amide bonds. The first-order valence-corrected chi connectivity index (χ1v) is 8.55. The largest absolute Gasteiger partial charge is 0.493 e. The minimum Gasteiger partial charge on any atom is -0.493 e. The van der Waals surface area contributed by atoms with Crippen LogP contribution in [0.25, 0.3) is 10.2 Å². The number of hydrogen-bond acceptors (Lipinski definition) is 4. The van der Waals surface area contributed by atoms with Gasteiger partial charge in [0.25, 0.3) is 0 Å². The van der Waals surface area contributed by atoms with Crippen LogP contribution in [0.4, 0.5) is 9.93 Å². The molecule has 2 atom stereocenters. The molecule has 6 heteroatoms. The van der Waals surface area contributed by atoms with Crippen molar-refractivity contribution < 1.29 is 9.53 Å². The van der Waals surface area contributed by atoms with Crippen LogP contribution in [0, 0.1) is 17.8 Å². The number of carbonyl (C=O) groups is 1. The Labute approximate surface area is 138 Å². The third kappa shape index (κ3) is 2.23. The van der Waals surface area contributed by atoms with Crippen molar-refractivity contribution in [2.75, 3.05) is 18.1 Å². The Morgan fingerprint density at radius 2 is 2.35 bits per heavy atom. The van der Waals surface area contributed by atoms with Gasteiger partial charge in [0.2, 0.25) is 0 Å². The highest BCUT2D eigenvalue weighted by atomic mass is 32.1. The fourth-order valence-electron chi connectivity index (χ4n) is 3.15. The molecule has 5 nitrogen and oxygen atoms in total. The summed E-state index contributed by atoms with van der Waals surface area (Å²) in [6.45, 7) is 5.25. The number of aromatic nitrogens is 1. The summed E-state index contributed by atoms with van der Waals surface area (Å²) in [5.74, 6) is 7.28. The predicted molar refractivity (Wildman–Crippen MR) is 91.1 cm³/mol. The zero-order valence-corrected chi connectivity index (χ0v) is 13.9. The number of anilines is 1. The van der Waals surface area contributed by atoms with Gasteiger partial charge in [-0.25, -0.2) is 9.78 Å². The van der Waals surface area contributed by atoms with E-state index in [2.05, 4.69) is 24.1 Å². The van der Waals surface area contributed by atoms with Crippen LogP contribution in [0.15, 0.2) is 12.1 Å². The molecule has 0 bridgehead atoms. The number of ether oxygens (including phenoxy) is 1. The third-order valence-corrected chi connectivity index (χ3v) is 5.35. The number of thiazole rings is 1. The summed E-state index contributed by atoms with van der Waals surface area (Å²) in [6, 6.07) is 3.75. The maximum Gasteiger partial charge on any atom is 0.324 e. The first-order chi connectivity index (χ1) is 11.2. The summed E-state index contributed by atoms with van der Waals surface area (Å²) in [6.07, 6.45) is 0.872. The van der Waals surface area contributed by atoms with Gasteiger partial charge in [0.15, 0.2) is 5.13 Å². The normalized spacial score (nSPS) is 23.0. The Bertz CT molecular complexity index is 849. The lowest BCUT2D eigenvalue weighted by molar-refractivity contribution is 0.234. The fourth-order valence-corrected chi connectivity index (χ4v) is 4.18. The molecule has 0 spiro atoms. The lowest BCUT2D eigenvalue weighted by Crippen LogP contribution is -2.56. The predicted octanol–water partition coefficient (Wildman–Crippen LogP) is 2.79. The van der Waals surface area contributed by atoms with Crippen molar-refractivity contribution in [3.63, 3.8) is 0 Å². The highest BCUT2D eigenvalue weighted by Gasteiger charge is 2.35. The molecule has 0 radical (unpaired) electrons. The van der Waals surface area contributed by atoms with E-state index in [-0.39, 0.29) is 18.0 Å². The van der Waals surface area contributed by atoms with E-state index in [4.69, 9.17) is 9.72 Å². The average Bonchev–Trinajstić information content (AvgIpc) is 3.16. The molecule has 23 heavy (non-hydrogen) atoms. The van der Waals surface area contributed by atoms with Gasteiger partial charge < -0.3 is 10.1 Å². The van der Waals surface area contributed by atoms with E-state index in [0.717, 1.165) is 28.0 Å². The summed E-state index contributed by atoms with van der Waals surface area (Å²) in [4.78, 5) is 18.9. The fraction of sp³-hybridized carbons (Fsp3) is 0.412. The standard InChI is InChI=1S/C17H17N3O2S/c1-3-4-12-10(2)9-18-16(21)20(12)17-19-15-11-7-8-22-13(11)5-6-14(15)23-17/h5-6,10,12H,7-9H2,1-2H3,(H,18,21). The second-order valence-electron chi connectivity index (χ2n) is 5.86. The van der Waals surface area contributed by atoms with E-state index in [1.807, 2.05) is 12.1 Å². The number of nitrogens with zero attached hydrogens (tertiary/aromatic N) is 2. The summed E-state index contributed by atoms with van der Waals surface area (Å²) in [5, 5.41) is 3.63.